The zero-order valence-electron chi connectivity index (χ0n) is 17.2. The highest BCUT2D eigenvalue weighted by molar-refractivity contribution is 7.99. The van der Waals surface area contributed by atoms with Crippen molar-refractivity contribution < 1.29 is 19.3 Å². The van der Waals surface area contributed by atoms with Gasteiger partial charge in [-0.1, -0.05) is 74.5 Å². The lowest BCUT2D eigenvalue weighted by Crippen LogP contribution is -2.34. The van der Waals surface area contributed by atoms with Crippen LogP contribution in [0.25, 0.3) is 0 Å². The number of aliphatic hydroxyl groups excluding tert-OH is 1. The van der Waals surface area contributed by atoms with Gasteiger partial charge in [0.05, 0.1) is 6.07 Å². The summed E-state index contributed by atoms with van der Waals surface area (Å²) >= 11 is 1.60. The molecule has 6 heteroatoms. The van der Waals surface area contributed by atoms with E-state index < -0.39 is 6.10 Å². The molecule has 0 aliphatic rings. The van der Waals surface area contributed by atoms with Crippen LogP contribution in [0.2, 0.25) is 0 Å². The van der Waals surface area contributed by atoms with E-state index in [9.17, 15) is 10.3 Å². The van der Waals surface area contributed by atoms with Crippen LogP contribution >= 0.6 is 11.8 Å². The van der Waals surface area contributed by atoms with Gasteiger partial charge in [0.2, 0.25) is 17.6 Å². The molecule has 1 heterocycles. The molecule has 3 aromatic rings. The monoisotopic (exact) mass is 425 g/mol. The van der Waals surface area contributed by atoms with Crippen LogP contribution in [-0.2, 0) is 13.2 Å². The molecule has 1 N–H and O–H groups in total. The van der Waals surface area contributed by atoms with Gasteiger partial charge >= 0.3 is 0 Å². The van der Waals surface area contributed by atoms with Gasteiger partial charge < -0.3 is 19.8 Å². The van der Waals surface area contributed by atoms with E-state index in [1.165, 1.54) is 6.20 Å². The third kappa shape index (κ3) is 6.40. The normalized spacial score (nSPS) is 12.0. The Kier molecular flexibility index (Phi) is 7.99. The Hall–Kier alpha value is -2.70. The molecule has 1 aromatic heterocycles. The summed E-state index contributed by atoms with van der Waals surface area (Å²) in [4.78, 5) is 0. The Bertz CT molecular complexity index is 919. The standard InChI is InChI=1S/C24H27NO4S/c1-18(2)30-17-22(26)21-13-23(28-15-19-9-5-3-6-10-19)24(14-25(21)27)29-16-20-11-7-4-8-12-20/h3-14,18,22,26H,15-17H2,1-2H3. The number of benzene rings is 2. The third-order valence-electron chi connectivity index (χ3n) is 4.41. The highest BCUT2D eigenvalue weighted by Crippen LogP contribution is 2.31. The van der Waals surface area contributed by atoms with E-state index in [2.05, 4.69) is 13.8 Å². The minimum absolute atomic E-state index is 0.248. The van der Waals surface area contributed by atoms with Crippen LogP contribution in [0.4, 0.5) is 0 Å². The molecule has 158 valence electrons. The largest absolute Gasteiger partial charge is 0.618 e. The van der Waals surface area contributed by atoms with Crippen LogP contribution in [0.1, 0.15) is 36.8 Å². The highest BCUT2D eigenvalue weighted by Gasteiger charge is 2.23. The van der Waals surface area contributed by atoms with Crippen molar-refractivity contribution in [2.75, 3.05) is 5.75 Å². The van der Waals surface area contributed by atoms with Crippen LogP contribution in [0, 0.1) is 5.21 Å². The van der Waals surface area contributed by atoms with Crippen molar-refractivity contribution in [1.29, 1.82) is 0 Å². The zero-order chi connectivity index (χ0) is 21.3. The molecule has 2 aromatic carbocycles. The second kappa shape index (κ2) is 10.9. The molecule has 0 fully saturated rings. The number of ether oxygens (including phenoxy) is 2. The molecule has 0 saturated carbocycles. The molecule has 0 aliphatic carbocycles. The van der Waals surface area contributed by atoms with Crippen molar-refractivity contribution in [3.63, 3.8) is 0 Å². The zero-order valence-corrected chi connectivity index (χ0v) is 18.0. The number of nitrogens with zero attached hydrogens (tertiary/aromatic N) is 1. The summed E-state index contributed by atoms with van der Waals surface area (Å²) in [6.45, 7) is 4.75. The van der Waals surface area contributed by atoms with Gasteiger partial charge in [-0.25, -0.2) is 0 Å². The smallest absolute Gasteiger partial charge is 0.227 e. The maximum Gasteiger partial charge on any atom is 0.227 e. The quantitative estimate of drug-likeness (QED) is 0.378. The van der Waals surface area contributed by atoms with Gasteiger partial charge in [-0.2, -0.15) is 16.5 Å². The number of hydrogen-bond acceptors (Lipinski definition) is 5. The molecule has 1 atom stereocenters. The van der Waals surface area contributed by atoms with Crippen LogP contribution in [0.15, 0.2) is 72.9 Å². The summed E-state index contributed by atoms with van der Waals surface area (Å²) in [6.07, 6.45) is 0.444. The topological polar surface area (TPSA) is 65.6 Å². The van der Waals surface area contributed by atoms with Gasteiger partial charge in [0.15, 0.2) is 5.75 Å². The summed E-state index contributed by atoms with van der Waals surface area (Å²) in [6, 6.07) is 21.1. The molecule has 0 radical (unpaired) electrons. The summed E-state index contributed by atoms with van der Waals surface area (Å²) in [5.41, 5.74) is 2.24. The number of rotatable bonds is 10. The van der Waals surface area contributed by atoms with Crippen molar-refractivity contribution in [2.24, 2.45) is 0 Å². The summed E-state index contributed by atoms with van der Waals surface area (Å²) in [5, 5.41) is 23.5. The first-order chi connectivity index (χ1) is 14.5. The lowest BCUT2D eigenvalue weighted by atomic mass is 10.2. The molecule has 5 nitrogen and oxygen atoms in total. The van der Waals surface area contributed by atoms with Crippen molar-refractivity contribution in [2.45, 2.75) is 38.4 Å². The van der Waals surface area contributed by atoms with Crippen molar-refractivity contribution in [1.82, 2.24) is 0 Å². The van der Waals surface area contributed by atoms with E-state index in [0.29, 0.717) is 40.4 Å². The first kappa shape index (κ1) is 22.0. The van der Waals surface area contributed by atoms with E-state index in [1.807, 2.05) is 60.7 Å². The SMILES string of the molecule is CC(C)SCC(O)c1cc(OCc2ccccc2)c(OCc2ccccc2)c[n+]1[O-]. The van der Waals surface area contributed by atoms with E-state index in [-0.39, 0.29) is 5.69 Å². The van der Waals surface area contributed by atoms with Crippen molar-refractivity contribution >= 4 is 11.8 Å². The van der Waals surface area contributed by atoms with Gasteiger partial charge in [-0.15, -0.1) is 0 Å². The van der Waals surface area contributed by atoms with E-state index >= 15 is 0 Å². The van der Waals surface area contributed by atoms with E-state index in [0.717, 1.165) is 11.1 Å². The number of aliphatic hydroxyl groups is 1. The fraction of sp³-hybridized carbons (Fsp3) is 0.292. The van der Waals surface area contributed by atoms with E-state index in [4.69, 9.17) is 9.47 Å². The molecule has 0 amide bonds. The summed E-state index contributed by atoms with van der Waals surface area (Å²) in [7, 11) is 0. The summed E-state index contributed by atoms with van der Waals surface area (Å²) in [5.74, 6) is 1.21. The Balaban J connectivity index is 1.82. The van der Waals surface area contributed by atoms with Gasteiger partial charge in [-0.3, -0.25) is 0 Å². The van der Waals surface area contributed by atoms with Crippen LogP contribution in [0.3, 0.4) is 0 Å². The maximum atomic E-state index is 12.6. The average Bonchev–Trinajstić information content (AvgIpc) is 2.76. The Morgan fingerprint density at radius 2 is 1.43 bits per heavy atom. The number of pyridine rings is 1. The Labute approximate surface area is 181 Å². The first-order valence-electron chi connectivity index (χ1n) is 9.93. The average molecular weight is 426 g/mol. The van der Waals surface area contributed by atoms with Gasteiger partial charge in [0.1, 0.15) is 19.3 Å². The van der Waals surface area contributed by atoms with Crippen LogP contribution in [0.5, 0.6) is 11.5 Å². The lowest BCUT2D eigenvalue weighted by molar-refractivity contribution is -0.618. The van der Waals surface area contributed by atoms with Crippen molar-refractivity contribution in [3.8, 4) is 11.5 Å². The molecule has 30 heavy (non-hydrogen) atoms. The Morgan fingerprint density at radius 3 is 1.97 bits per heavy atom. The number of aromatic nitrogens is 1. The van der Waals surface area contributed by atoms with Crippen molar-refractivity contribution in [3.05, 3.63) is 95.0 Å². The van der Waals surface area contributed by atoms with Gasteiger partial charge in [0, 0.05) is 5.75 Å². The van der Waals surface area contributed by atoms with Gasteiger partial charge in [0.25, 0.3) is 0 Å². The molecule has 0 spiro atoms. The molecular weight excluding hydrogens is 398 g/mol. The minimum Gasteiger partial charge on any atom is -0.618 e. The maximum absolute atomic E-state index is 12.6. The lowest BCUT2D eigenvalue weighted by Gasteiger charge is -2.17. The van der Waals surface area contributed by atoms with E-state index in [1.54, 1.807) is 17.8 Å². The molecule has 0 aliphatic heterocycles. The third-order valence-corrected chi connectivity index (χ3v) is 5.59. The highest BCUT2D eigenvalue weighted by atomic mass is 32.2. The molecule has 3 rings (SSSR count). The minimum atomic E-state index is -0.892. The predicted molar refractivity (Wildman–Crippen MR) is 120 cm³/mol. The number of hydrogen-bond donors (Lipinski definition) is 1. The van der Waals surface area contributed by atoms with Crippen LogP contribution in [-0.4, -0.2) is 16.1 Å². The number of thioether (sulfide) groups is 1. The van der Waals surface area contributed by atoms with Crippen LogP contribution < -0.4 is 14.2 Å². The summed E-state index contributed by atoms with van der Waals surface area (Å²) < 4.78 is 12.5. The second-order valence-corrected chi connectivity index (χ2v) is 8.81. The molecule has 0 bridgehead atoms. The molecule has 0 saturated heterocycles. The first-order valence-corrected chi connectivity index (χ1v) is 11.0. The Morgan fingerprint density at radius 1 is 0.900 bits per heavy atom. The fourth-order valence-corrected chi connectivity index (χ4v) is 3.56. The van der Waals surface area contributed by atoms with Gasteiger partial charge in [-0.05, 0) is 16.4 Å². The fourth-order valence-electron chi connectivity index (χ4n) is 2.82. The second-order valence-electron chi connectivity index (χ2n) is 7.20. The molecular formula is C24H27NO4S. The predicted octanol–water partition coefficient (Wildman–Crippen LogP) is 4.65. The molecule has 1 unspecified atom stereocenters.